The van der Waals surface area contributed by atoms with Crippen LogP contribution in [0.5, 0.6) is 0 Å². The number of thiophene rings is 1. The van der Waals surface area contributed by atoms with Gasteiger partial charge in [0, 0.05) is 7.05 Å². The van der Waals surface area contributed by atoms with E-state index in [9.17, 15) is 14.7 Å². The van der Waals surface area contributed by atoms with Crippen LogP contribution < -0.4 is 5.32 Å². The molecule has 0 saturated heterocycles. The summed E-state index contributed by atoms with van der Waals surface area (Å²) in [4.78, 5) is 30.2. The van der Waals surface area contributed by atoms with E-state index in [1.807, 2.05) is 24.3 Å². The van der Waals surface area contributed by atoms with Gasteiger partial charge in [-0.3, -0.25) is 9.59 Å². The summed E-state index contributed by atoms with van der Waals surface area (Å²) in [5.74, 6) is -0.648. The summed E-state index contributed by atoms with van der Waals surface area (Å²) in [6, 6.07) is 8.83. The number of hydrogen-bond acceptors (Lipinski definition) is 4. The van der Waals surface area contributed by atoms with Crippen LogP contribution in [0, 0.1) is 0 Å². The van der Waals surface area contributed by atoms with Crippen LogP contribution in [0.15, 0.2) is 30.3 Å². The first kappa shape index (κ1) is 21.2. The highest BCUT2D eigenvalue weighted by Gasteiger charge is 2.39. The van der Waals surface area contributed by atoms with E-state index in [0.29, 0.717) is 33.4 Å². The Morgan fingerprint density at radius 2 is 2.10 bits per heavy atom. The normalized spacial score (nSPS) is 19.0. The molecular formula is C21H21Cl2N3O3S. The minimum atomic E-state index is -1.07. The van der Waals surface area contributed by atoms with Crippen LogP contribution in [0.4, 0.5) is 0 Å². The van der Waals surface area contributed by atoms with Crippen LogP contribution in [0.2, 0.25) is 9.36 Å². The van der Waals surface area contributed by atoms with Crippen LogP contribution >= 0.6 is 34.5 Å². The Labute approximate surface area is 187 Å². The Hall–Kier alpha value is -2.06. The zero-order valence-electron chi connectivity index (χ0n) is 16.4. The fourth-order valence-corrected chi connectivity index (χ4v) is 5.50. The first-order valence-corrected chi connectivity index (χ1v) is 11.2. The number of nitrogens with zero attached hydrogens (tertiary/aromatic N) is 1. The van der Waals surface area contributed by atoms with Crippen LogP contribution in [0.1, 0.15) is 41.0 Å². The number of carbonyl (C=O) groups excluding carboxylic acids is 2. The molecule has 0 bridgehead atoms. The predicted octanol–water partition coefficient (Wildman–Crippen LogP) is 4.16. The molecule has 2 aromatic heterocycles. The van der Waals surface area contributed by atoms with Crippen molar-refractivity contribution in [2.45, 2.75) is 38.0 Å². The predicted molar refractivity (Wildman–Crippen MR) is 119 cm³/mol. The molecule has 3 atom stereocenters. The number of hydrogen-bond donors (Lipinski definition) is 3. The summed E-state index contributed by atoms with van der Waals surface area (Å²) in [7, 11) is 1.67. The smallest absolute Gasteiger partial charge is 0.268 e. The van der Waals surface area contributed by atoms with E-state index >= 15 is 0 Å². The third-order valence-electron chi connectivity index (χ3n) is 5.57. The number of fused-ring (bicyclic) bond motifs is 2. The number of aromatic nitrogens is 1. The standard InChI is InChI=1S/C21H21Cl2N3O3S/c1-3-14(27)21(29)26(2)18-11-7-5-4-6-10(11)8-12(18)25-20(28)13-9-15-17(24-13)16(22)19(23)30-15/h4-7,9,12,14,18,24,27H,3,8H2,1-2H3,(H,25,28)/t12-,14+,18-/m1/s1. The lowest BCUT2D eigenvalue weighted by Crippen LogP contribution is -2.47. The second-order valence-electron chi connectivity index (χ2n) is 7.41. The Balaban J connectivity index is 1.61. The largest absolute Gasteiger partial charge is 0.383 e. The molecule has 158 valence electrons. The van der Waals surface area contributed by atoms with Gasteiger partial charge in [-0.2, -0.15) is 0 Å². The molecule has 3 N–H and O–H groups in total. The average molecular weight is 466 g/mol. The molecule has 6 nitrogen and oxygen atoms in total. The van der Waals surface area contributed by atoms with E-state index in [0.717, 1.165) is 15.8 Å². The number of aromatic amines is 1. The quantitative estimate of drug-likeness (QED) is 0.528. The maximum atomic E-state index is 13.0. The van der Waals surface area contributed by atoms with Gasteiger partial charge in [-0.15, -0.1) is 11.3 Å². The molecule has 0 aliphatic heterocycles. The first-order chi connectivity index (χ1) is 14.3. The van der Waals surface area contributed by atoms with E-state index < -0.39 is 6.10 Å². The number of H-pyrrole nitrogens is 1. The van der Waals surface area contributed by atoms with E-state index in [1.54, 1.807) is 20.0 Å². The van der Waals surface area contributed by atoms with Gasteiger partial charge in [0.1, 0.15) is 16.1 Å². The van der Waals surface area contributed by atoms with Crippen molar-refractivity contribution in [3.63, 3.8) is 0 Å². The van der Waals surface area contributed by atoms with Crippen LogP contribution in [0.25, 0.3) is 10.2 Å². The zero-order valence-corrected chi connectivity index (χ0v) is 18.7. The average Bonchev–Trinajstić information content (AvgIpc) is 3.39. The van der Waals surface area contributed by atoms with Gasteiger partial charge in [-0.25, -0.2) is 0 Å². The topological polar surface area (TPSA) is 85.4 Å². The fourth-order valence-electron chi connectivity index (χ4n) is 4.02. The summed E-state index contributed by atoms with van der Waals surface area (Å²) in [6.45, 7) is 1.76. The maximum absolute atomic E-state index is 13.0. The molecule has 30 heavy (non-hydrogen) atoms. The number of carbonyl (C=O) groups is 2. The number of rotatable bonds is 5. The van der Waals surface area contributed by atoms with Gasteiger partial charge >= 0.3 is 0 Å². The number of aliphatic hydroxyl groups excluding tert-OH is 1. The number of benzene rings is 1. The van der Waals surface area contributed by atoms with Crippen molar-refractivity contribution in [1.29, 1.82) is 0 Å². The Bertz CT molecular complexity index is 1130. The molecule has 3 aromatic rings. The number of halogens is 2. The molecule has 0 spiro atoms. The molecule has 0 saturated carbocycles. The highest BCUT2D eigenvalue weighted by Crippen LogP contribution is 2.39. The van der Waals surface area contributed by atoms with Gasteiger partial charge in [-0.1, -0.05) is 54.4 Å². The number of amides is 2. The molecule has 1 aromatic carbocycles. The molecule has 2 amide bonds. The van der Waals surface area contributed by atoms with Crippen molar-refractivity contribution >= 4 is 56.6 Å². The molecule has 0 radical (unpaired) electrons. The highest BCUT2D eigenvalue weighted by molar-refractivity contribution is 7.23. The molecule has 4 rings (SSSR count). The Kier molecular flexibility index (Phi) is 5.81. The van der Waals surface area contributed by atoms with E-state index in [1.165, 1.54) is 16.2 Å². The molecule has 0 fully saturated rings. The summed E-state index contributed by atoms with van der Waals surface area (Å²) in [6.07, 6.45) is -0.147. The monoisotopic (exact) mass is 465 g/mol. The van der Waals surface area contributed by atoms with Gasteiger partial charge in [0.05, 0.1) is 27.3 Å². The molecule has 2 heterocycles. The van der Waals surface area contributed by atoms with Gasteiger partial charge in [0.25, 0.3) is 11.8 Å². The minimum absolute atomic E-state index is 0.287. The lowest BCUT2D eigenvalue weighted by atomic mass is 10.0. The van der Waals surface area contributed by atoms with Crippen molar-refractivity contribution < 1.29 is 14.7 Å². The maximum Gasteiger partial charge on any atom is 0.268 e. The van der Waals surface area contributed by atoms with Crippen molar-refractivity contribution in [1.82, 2.24) is 15.2 Å². The molecule has 1 aliphatic carbocycles. The van der Waals surface area contributed by atoms with Crippen molar-refractivity contribution in [2.24, 2.45) is 0 Å². The van der Waals surface area contributed by atoms with Gasteiger partial charge in [0.2, 0.25) is 0 Å². The third kappa shape index (κ3) is 3.60. The number of likely N-dealkylation sites (N-methyl/N-ethyl adjacent to an activating group) is 1. The molecule has 1 aliphatic rings. The van der Waals surface area contributed by atoms with Crippen molar-refractivity contribution in [3.05, 3.63) is 56.5 Å². The van der Waals surface area contributed by atoms with Gasteiger partial charge in [0.15, 0.2) is 0 Å². The van der Waals surface area contributed by atoms with Crippen molar-refractivity contribution in [2.75, 3.05) is 7.05 Å². The van der Waals surface area contributed by atoms with Gasteiger partial charge < -0.3 is 20.3 Å². The van der Waals surface area contributed by atoms with Crippen LogP contribution in [-0.2, 0) is 11.2 Å². The minimum Gasteiger partial charge on any atom is -0.383 e. The molecule has 0 unspecified atom stereocenters. The van der Waals surface area contributed by atoms with Gasteiger partial charge in [-0.05, 0) is 30.0 Å². The lowest BCUT2D eigenvalue weighted by molar-refractivity contribution is -0.141. The fraction of sp³-hybridized carbons (Fsp3) is 0.333. The third-order valence-corrected chi connectivity index (χ3v) is 7.50. The van der Waals surface area contributed by atoms with Crippen LogP contribution in [-0.4, -0.2) is 46.0 Å². The summed E-state index contributed by atoms with van der Waals surface area (Å²) < 4.78 is 1.28. The molecule has 9 heteroatoms. The zero-order chi connectivity index (χ0) is 21.6. The van der Waals surface area contributed by atoms with Crippen molar-refractivity contribution in [3.8, 4) is 0 Å². The Morgan fingerprint density at radius 1 is 1.37 bits per heavy atom. The second kappa shape index (κ2) is 8.23. The SMILES string of the molecule is CC[C@H](O)C(=O)N(C)[C@@H]1c2ccccc2C[C@H]1NC(=O)c1cc2sc(Cl)c(Cl)c2[nH]1. The highest BCUT2D eigenvalue weighted by atomic mass is 35.5. The molecular weight excluding hydrogens is 445 g/mol. The summed E-state index contributed by atoms with van der Waals surface area (Å²) in [5, 5.41) is 13.5. The second-order valence-corrected chi connectivity index (χ2v) is 9.45. The lowest BCUT2D eigenvalue weighted by Gasteiger charge is -2.32. The Morgan fingerprint density at radius 3 is 2.80 bits per heavy atom. The van der Waals surface area contributed by atoms with E-state index in [4.69, 9.17) is 23.2 Å². The van der Waals surface area contributed by atoms with Crippen LogP contribution in [0.3, 0.4) is 0 Å². The number of nitrogens with one attached hydrogen (secondary N) is 2. The summed E-state index contributed by atoms with van der Waals surface area (Å²) >= 11 is 13.5. The summed E-state index contributed by atoms with van der Waals surface area (Å²) in [5.41, 5.74) is 3.07. The van der Waals surface area contributed by atoms with E-state index in [-0.39, 0.29) is 23.9 Å². The first-order valence-electron chi connectivity index (χ1n) is 9.61. The number of aliphatic hydroxyl groups is 1. The van der Waals surface area contributed by atoms with E-state index in [2.05, 4.69) is 10.3 Å².